The van der Waals surface area contributed by atoms with Gasteiger partial charge in [-0.1, -0.05) is 47.0 Å². The zero-order chi connectivity index (χ0) is 20.8. The molecular weight excluding hydrogens is 372 g/mol. The summed E-state index contributed by atoms with van der Waals surface area (Å²) < 4.78 is 5.46. The third kappa shape index (κ3) is 5.13. The fourth-order valence-corrected chi connectivity index (χ4v) is 6.38. The van der Waals surface area contributed by atoms with E-state index in [2.05, 4.69) is 35.2 Å². The number of fused-ring (bicyclic) bond motifs is 1. The molecule has 1 heterocycles. The van der Waals surface area contributed by atoms with E-state index in [1.807, 2.05) is 0 Å². The highest BCUT2D eigenvalue weighted by Gasteiger charge is 2.45. The number of unbranched alkanes of at least 4 members (excludes halogenated alkanes) is 1. The van der Waals surface area contributed by atoms with E-state index < -0.39 is 0 Å². The van der Waals surface area contributed by atoms with Crippen LogP contribution in [0.4, 0.5) is 0 Å². The maximum atomic E-state index is 10.9. The summed E-state index contributed by atoms with van der Waals surface area (Å²) in [4.78, 5) is 13.5. The van der Waals surface area contributed by atoms with Crippen LogP contribution in [0.2, 0.25) is 0 Å². The van der Waals surface area contributed by atoms with Crippen molar-refractivity contribution in [2.24, 2.45) is 16.5 Å². The Morgan fingerprint density at radius 3 is 2.83 bits per heavy atom. The molecule has 3 unspecified atom stereocenters. The number of rotatable bonds is 6. The Kier molecular flexibility index (Phi) is 7.59. The van der Waals surface area contributed by atoms with E-state index in [9.17, 15) is 4.91 Å². The first-order valence-corrected chi connectivity index (χ1v) is 12.4. The number of nitroso groups, excluding NO2 is 1. The molecule has 0 spiro atoms. The maximum Gasteiger partial charge on any atom is 0.0956 e. The predicted octanol–water partition coefficient (Wildman–Crippen LogP) is 6.19. The molecule has 3 aliphatic carbocycles. The van der Waals surface area contributed by atoms with Crippen molar-refractivity contribution in [3.63, 3.8) is 0 Å². The highest BCUT2D eigenvalue weighted by Crippen LogP contribution is 2.57. The standard InChI is InChI=1S/C26H40N2O2/c1-26-14-5-7-22(11-10-21-6-4-9-24(20-21)27-29)25(26)13-12-23(26)8-2-3-15-28-16-18-30-19-17-28/h8,10-11,24-25H,2-7,9,12-20H2,1H3/b21-10-,22-11+,23-8+. The minimum atomic E-state index is 0.0125. The largest absolute Gasteiger partial charge is 0.379 e. The van der Waals surface area contributed by atoms with Crippen molar-refractivity contribution >= 4 is 0 Å². The zero-order valence-corrected chi connectivity index (χ0v) is 18.9. The smallest absolute Gasteiger partial charge is 0.0956 e. The van der Waals surface area contributed by atoms with Gasteiger partial charge in [-0.05, 0) is 88.5 Å². The summed E-state index contributed by atoms with van der Waals surface area (Å²) >= 11 is 0. The van der Waals surface area contributed by atoms with E-state index in [1.54, 1.807) is 11.1 Å². The second kappa shape index (κ2) is 10.4. The van der Waals surface area contributed by atoms with Gasteiger partial charge in [0, 0.05) is 13.1 Å². The summed E-state index contributed by atoms with van der Waals surface area (Å²) in [6.45, 7) is 7.75. The van der Waals surface area contributed by atoms with E-state index in [1.165, 1.54) is 57.1 Å². The summed E-state index contributed by atoms with van der Waals surface area (Å²) in [5.41, 5.74) is 5.20. The molecule has 0 radical (unpaired) electrons. The van der Waals surface area contributed by atoms with Gasteiger partial charge in [0.25, 0.3) is 0 Å². The Bertz CT molecular complexity index is 689. The predicted molar refractivity (Wildman–Crippen MR) is 123 cm³/mol. The van der Waals surface area contributed by atoms with Crippen LogP contribution in [0.25, 0.3) is 0 Å². The number of hydrogen-bond acceptors (Lipinski definition) is 4. The summed E-state index contributed by atoms with van der Waals surface area (Å²) in [6, 6.07) is 0.0125. The van der Waals surface area contributed by atoms with Crippen LogP contribution in [0.1, 0.15) is 77.6 Å². The molecule has 3 saturated carbocycles. The molecule has 4 aliphatic rings. The first-order valence-electron chi connectivity index (χ1n) is 12.4. The molecule has 0 amide bonds. The monoisotopic (exact) mass is 412 g/mol. The fraction of sp³-hybridized carbons (Fsp3) is 0.769. The Morgan fingerprint density at radius 1 is 1.13 bits per heavy atom. The van der Waals surface area contributed by atoms with Crippen molar-refractivity contribution in [1.82, 2.24) is 4.90 Å². The van der Waals surface area contributed by atoms with Crippen molar-refractivity contribution in [1.29, 1.82) is 0 Å². The van der Waals surface area contributed by atoms with Crippen molar-refractivity contribution in [3.05, 3.63) is 39.9 Å². The van der Waals surface area contributed by atoms with E-state index in [4.69, 9.17) is 4.74 Å². The van der Waals surface area contributed by atoms with Gasteiger partial charge in [0.15, 0.2) is 0 Å². The van der Waals surface area contributed by atoms with Gasteiger partial charge in [0.1, 0.15) is 0 Å². The highest BCUT2D eigenvalue weighted by atomic mass is 16.5. The molecule has 0 N–H and O–H groups in total. The van der Waals surface area contributed by atoms with Crippen LogP contribution in [-0.2, 0) is 4.74 Å². The van der Waals surface area contributed by atoms with Gasteiger partial charge in [-0.25, -0.2) is 0 Å². The second-order valence-corrected chi connectivity index (χ2v) is 10.1. The quantitative estimate of drug-likeness (QED) is 0.297. The third-order valence-corrected chi connectivity index (χ3v) is 8.20. The topological polar surface area (TPSA) is 41.9 Å². The minimum Gasteiger partial charge on any atom is -0.379 e. The van der Waals surface area contributed by atoms with Gasteiger partial charge in [0.2, 0.25) is 0 Å². The molecule has 166 valence electrons. The van der Waals surface area contributed by atoms with Gasteiger partial charge >= 0.3 is 0 Å². The Labute approximate surface area is 182 Å². The van der Waals surface area contributed by atoms with Gasteiger partial charge in [-0.2, -0.15) is 4.91 Å². The van der Waals surface area contributed by atoms with Crippen LogP contribution < -0.4 is 0 Å². The van der Waals surface area contributed by atoms with E-state index >= 15 is 0 Å². The number of nitrogens with zero attached hydrogens (tertiary/aromatic N) is 2. The van der Waals surface area contributed by atoms with Crippen molar-refractivity contribution in [2.45, 2.75) is 83.6 Å². The first kappa shape index (κ1) is 22.0. The lowest BCUT2D eigenvalue weighted by Crippen LogP contribution is -2.36. The molecule has 1 aliphatic heterocycles. The van der Waals surface area contributed by atoms with Crippen LogP contribution in [-0.4, -0.2) is 43.8 Å². The van der Waals surface area contributed by atoms with Crippen LogP contribution in [0.5, 0.6) is 0 Å². The molecule has 30 heavy (non-hydrogen) atoms. The molecular formula is C26H40N2O2. The lowest BCUT2D eigenvalue weighted by Gasteiger charge is -2.39. The lowest BCUT2D eigenvalue weighted by atomic mass is 9.65. The Balaban J connectivity index is 1.36. The highest BCUT2D eigenvalue weighted by molar-refractivity contribution is 5.32. The van der Waals surface area contributed by atoms with Gasteiger partial charge in [-0.15, -0.1) is 0 Å². The molecule has 0 bridgehead atoms. The van der Waals surface area contributed by atoms with Crippen molar-refractivity contribution in [3.8, 4) is 0 Å². The second-order valence-electron chi connectivity index (χ2n) is 10.1. The van der Waals surface area contributed by atoms with Crippen LogP contribution >= 0.6 is 0 Å². The first-order chi connectivity index (χ1) is 14.7. The normalized spacial score (nSPS) is 37.0. The van der Waals surface area contributed by atoms with E-state index in [0.717, 1.165) is 57.9 Å². The van der Waals surface area contributed by atoms with Crippen LogP contribution in [0, 0.1) is 16.2 Å². The zero-order valence-electron chi connectivity index (χ0n) is 18.9. The maximum absolute atomic E-state index is 10.9. The van der Waals surface area contributed by atoms with Gasteiger partial charge in [0.05, 0.1) is 19.3 Å². The molecule has 1 saturated heterocycles. The molecule has 0 aromatic carbocycles. The number of hydrogen-bond donors (Lipinski definition) is 0. The Hall–Kier alpha value is -1.26. The van der Waals surface area contributed by atoms with Crippen LogP contribution in [0.15, 0.2) is 40.1 Å². The molecule has 4 fully saturated rings. The van der Waals surface area contributed by atoms with Gasteiger partial charge < -0.3 is 4.74 Å². The molecule has 0 aromatic heterocycles. The molecule has 3 atom stereocenters. The number of allylic oxidation sites excluding steroid dienone is 5. The fourth-order valence-electron chi connectivity index (χ4n) is 6.38. The summed E-state index contributed by atoms with van der Waals surface area (Å²) in [6.07, 6.45) is 20.5. The SMILES string of the molecule is CC12CCC/C(=C\C=C3\CCCC(N=O)C3)C1CC/C2=C\CCCN1CCOCC1. The third-order valence-electron chi connectivity index (χ3n) is 8.20. The lowest BCUT2D eigenvalue weighted by molar-refractivity contribution is 0.0375. The van der Waals surface area contributed by atoms with Crippen molar-refractivity contribution < 1.29 is 4.74 Å². The Morgan fingerprint density at radius 2 is 2.00 bits per heavy atom. The molecule has 4 rings (SSSR count). The average molecular weight is 413 g/mol. The summed E-state index contributed by atoms with van der Waals surface area (Å²) in [5.74, 6) is 0.720. The molecule has 4 nitrogen and oxygen atoms in total. The van der Waals surface area contributed by atoms with Gasteiger partial charge in [-0.3, -0.25) is 4.90 Å². The average Bonchev–Trinajstić information content (AvgIpc) is 3.12. The molecule has 4 heteroatoms. The van der Waals surface area contributed by atoms with Crippen molar-refractivity contribution in [2.75, 3.05) is 32.8 Å². The van der Waals surface area contributed by atoms with E-state index in [0.29, 0.717) is 5.41 Å². The minimum absolute atomic E-state index is 0.0125. The number of ether oxygens (including phenoxy) is 1. The number of morpholine rings is 1. The summed E-state index contributed by atoms with van der Waals surface area (Å²) in [7, 11) is 0. The van der Waals surface area contributed by atoms with Crippen LogP contribution in [0.3, 0.4) is 0 Å². The summed E-state index contributed by atoms with van der Waals surface area (Å²) in [5, 5.41) is 3.30. The molecule has 0 aromatic rings. The van der Waals surface area contributed by atoms with E-state index in [-0.39, 0.29) is 6.04 Å².